The van der Waals surface area contributed by atoms with Crippen LogP contribution in [-0.2, 0) is 32.7 Å². The maximum atomic E-state index is 12.8. The first-order chi connectivity index (χ1) is 30.4. The second kappa shape index (κ2) is 38.8. The molecule has 1 saturated carbocycles. The van der Waals surface area contributed by atoms with Crippen molar-refractivity contribution in [3.05, 3.63) is 60.8 Å². The topological polar surface area (TPSA) is 210 Å². The van der Waals surface area contributed by atoms with E-state index in [9.17, 15) is 44.6 Å². The van der Waals surface area contributed by atoms with Gasteiger partial charge in [-0.1, -0.05) is 158 Å². The van der Waals surface area contributed by atoms with Gasteiger partial charge in [-0.2, -0.15) is 0 Å². The maximum absolute atomic E-state index is 12.8. The Hall–Kier alpha value is -2.45. The number of rotatable bonds is 39. The van der Waals surface area contributed by atoms with E-state index in [2.05, 4.69) is 68.5 Å². The molecule has 6 unspecified atom stereocenters. The number of ether oxygens (including phenoxy) is 2. The summed E-state index contributed by atoms with van der Waals surface area (Å²) in [6, 6.07) is 0. The van der Waals surface area contributed by atoms with E-state index in [0.29, 0.717) is 12.8 Å². The van der Waals surface area contributed by atoms with E-state index in [1.165, 1.54) is 83.5 Å². The molecule has 1 fully saturated rings. The first kappa shape index (κ1) is 58.6. The van der Waals surface area contributed by atoms with Crippen molar-refractivity contribution in [1.29, 1.82) is 0 Å². The van der Waals surface area contributed by atoms with Gasteiger partial charge < -0.3 is 39.9 Å². The van der Waals surface area contributed by atoms with Gasteiger partial charge >= 0.3 is 19.8 Å². The van der Waals surface area contributed by atoms with E-state index < -0.39 is 75.7 Å². The molecule has 1 aliphatic rings. The van der Waals surface area contributed by atoms with Crippen LogP contribution in [0.1, 0.15) is 181 Å². The summed E-state index contributed by atoms with van der Waals surface area (Å²) >= 11 is 0. The molecule has 0 aliphatic heterocycles. The average molecular weight is 913 g/mol. The lowest BCUT2D eigenvalue weighted by Crippen LogP contribution is -2.64. The molecule has 0 aromatic rings. The van der Waals surface area contributed by atoms with Gasteiger partial charge in [-0.25, -0.2) is 4.57 Å². The zero-order valence-electron chi connectivity index (χ0n) is 38.6. The Morgan fingerprint density at radius 3 is 1.41 bits per heavy atom. The summed E-state index contributed by atoms with van der Waals surface area (Å²) in [5.74, 6) is -1.19. The lowest BCUT2D eigenvalue weighted by Gasteiger charge is -2.41. The minimum atomic E-state index is -5.14. The van der Waals surface area contributed by atoms with Crippen molar-refractivity contribution in [3.8, 4) is 0 Å². The Kier molecular flexibility index (Phi) is 36.1. The molecule has 0 radical (unpaired) electrons. The second-order valence-electron chi connectivity index (χ2n) is 16.6. The molecule has 14 heteroatoms. The van der Waals surface area contributed by atoms with Gasteiger partial charge in [0, 0.05) is 12.8 Å². The van der Waals surface area contributed by atoms with Crippen molar-refractivity contribution in [1.82, 2.24) is 0 Å². The van der Waals surface area contributed by atoms with Crippen molar-refractivity contribution in [2.45, 2.75) is 224 Å². The van der Waals surface area contributed by atoms with E-state index in [4.69, 9.17) is 18.5 Å². The number of hydrogen-bond acceptors (Lipinski definition) is 12. The van der Waals surface area contributed by atoms with Gasteiger partial charge in [0.05, 0.1) is 6.61 Å². The molecule has 0 heterocycles. The molecular weight excluding hydrogens is 828 g/mol. The number of unbranched alkanes of at least 4 members (excludes halogenated alkanes) is 17. The molecule has 1 rings (SSSR count). The van der Waals surface area contributed by atoms with Gasteiger partial charge in [0.1, 0.15) is 43.2 Å². The fraction of sp³-hybridized carbons (Fsp3) is 0.755. The highest BCUT2D eigenvalue weighted by atomic mass is 31.2. The predicted octanol–water partition coefficient (Wildman–Crippen LogP) is 9.73. The predicted molar refractivity (Wildman–Crippen MR) is 249 cm³/mol. The van der Waals surface area contributed by atoms with Crippen LogP contribution in [0.3, 0.4) is 0 Å². The molecule has 0 aromatic heterocycles. The first-order valence-corrected chi connectivity index (χ1v) is 25.6. The minimum Gasteiger partial charge on any atom is -0.462 e. The minimum absolute atomic E-state index is 0.0504. The number of esters is 2. The zero-order valence-corrected chi connectivity index (χ0v) is 39.5. The Labute approximate surface area is 379 Å². The van der Waals surface area contributed by atoms with Crippen molar-refractivity contribution >= 4 is 19.8 Å². The van der Waals surface area contributed by atoms with Crippen molar-refractivity contribution in [2.75, 3.05) is 13.2 Å². The van der Waals surface area contributed by atoms with Crippen molar-refractivity contribution in [2.24, 2.45) is 0 Å². The van der Waals surface area contributed by atoms with Crippen LogP contribution in [-0.4, -0.2) is 98.3 Å². The number of aliphatic hydroxyl groups is 5. The van der Waals surface area contributed by atoms with Crippen LogP contribution in [0.2, 0.25) is 0 Å². The maximum Gasteiger partial charge on any atom is 0.472 e. The Morgan fingerprint density at radius 2 is 0.889 bits per heavy atom. The number of carbonyl (C=O) groups is 2. The normalized spacial score (nSPS) is 22.2. The molecule has 6 N–H and O–H groups in total. The van der Waals surface area contributed by atoms with Crippen LogP contribution in [0.15, 0.2) is 60.8 Å². The van der Waals surface area contributed by atoms with Crippen molar-refractivity contribution in [3.63, 3.8) is 0 Å². The van der Waals surface area contributed by atoms with E-state index in [-0.39, 0.29) is 12.8 Å². The van der Waals surface area contributed by atoms with Crippen LogP contribution < -0.4 is 0 Å². The number of hydrogen-bond donors (Lipinski definition) is 6. The van der Waals surface area contributed by atoms with Crippen LogP contribution >= 0.6 is 7.82 Å². The molecule has 8 atom stereocenters. The first-order valence-electron chi connectivity index (χ1n) is 24.1. The number of aliphatic hydroxyl groups excluding tert-OH is 5. The van der Waals surface area contributed by atoms with Crippen LogP contribution in [0, 0.1) is 0 Å². The SMILES string of the molecule is CCCCC/C=C/C/C=C/C/C=C/C/C=C/CCCCCC(=O)O[C@H](COC(=O)CC/C=C/CCCCCCCCCCCCC)COP(=O)(O)OC1C(O)C(O)C(O)[C@@H](O)C1O. The van der Waals surface area contributed by atoms with Gasteiger partial charge in [-0.3, -0.25) is 18.6 Å². The van der Waals surface area contributed by atoms with E-state index in [1.807, 2.05) is 6.08 Å². The third kappa shape index (κ3) is 31.2. The summed E-state index contributed by atoms with van der Waals surface area (Å²) in [5.41, 5.74) is 0. The summed E-state index contributed by atoms with van der Waals surface area (Å²) in [5, 5.41) is 50.2. The van der Waals surface area contributed by atoms with Gasteiger partial charge in [0.25, 0.3) is 0 Å². The van der Waals surface area contributed by atoms with E-state index >= 15 is 0 Å². The smallest absolute Gasteiger partial charge is 0.462 e. The zero-order chi connectivity index (χ0) is 46.4. The monoisotopic (exact) mass is 913 g/mol. The van der Waals surface area contributed by atoms with Gasteiger partial charge in [0.2, 0.25) is 0 Å². The summed E-state index contributed by atoms with van der Waals surface area (Å²) in [6.07, 6.45) is 34.3. The summed E-state index contributed by atoms with van der Waals surface area (Å²) < 4.78 is 33.5. The average Bonchev–Trinajstić information content (AvgIpc) is 3.26. The Balaban J connectivity index is 2.49. The summed E-state index contributed by atoms with van der Waals surface area (Å²) in [4.78, 5) is 35.7. The molecule has 13 nitrogen and oxygen atoms in total. The quantitative estimate of drug-likeness (QED) is 0.0147. The lowest BCUT2D eigenvalue weighted by atomic mass is 9.85. The Bertz CT molecular complexity index is 1330. The summed E-state index contributed by atoms with van der Waals surface area (Å²) in [7, 11) is -5.14. The number of carbonyl (C=O) groups excluding carboxylic acids is 2. The fourth-order valence-corrected chi connectivity index (χ4v) is 7.91. The summed E-state index contributed by atoms with van der Waals surface area (Å²) in [6.45, 7) is 3.21. The van der Waals surface area contributed by atoms with Crippen LogP contribution in [0.25, 0.3) is 0 Å². The van der Waals surface area contributed by atoms with Gasteiger partial charge in [-0.15, -0.1) is 0 Å². The lowest BCUT2D eigenvalue weighted by molar-refractivity contribution is -0.220. The van der Waals surface area contributed by atoms with Gasteiger partial charge in [-0.05, 0) is 70.6 Å². The molecule has 0 amide bonds. The van der Waals surface area contributed by atoms with E-state index in [0.717, 1.165) is 57.8 Å². The standard InChI is InChI=1S/C49H85O13P/c1-3-5-7-9-11-13-15-17-19-20-21-22-24-26-28-30-32-34-36-38-43(51)61-41(40-60-63(57,58)62-49-47(55)45(53)44(52)46(54)48(49)56)39-59-42(50)37-35-33-31-29-27-25-23-18-16-14-12-10-8-6-4-2/h11,13,17,19,21-22,26,28,31,33,41,44-49,52-56H,3-10,12,14-16,18,20,23-25,27,29-30,32,34-40H2,1-2H3,(H,57,58)/b13-11+,19-17+,22-21+,28-26+,33-31+/t41-,44?,45-,46?,47?,48?,49?/m1/s1. The highest BCUT2D eigenvalue weighted by Crippen LogP contribution is 2.47. The number of allylic oxidation sites excluding steroid dienone is 10. The van der Waals surface area contributed by atoms with E-state index in [1.54, 1.807) is 0 Å². The third-order valence-electron chi connectivity index (χ3n) is 10.8. The number of phosphoric ester groups is 1. The third-order valence-corrected chi connectivity index (χ3v) is 11.8. The Morgan fingerprint density at radius 1 is 0.492 bits per heavy atom. The molecule has 63 heavy (non-hydrogen) atoms. The number of phosphoric acid groups is 1. The molecule has 1 aliphatic carbocycles. The molecule has 0 saturated heterocycles. The fourth-order valence-electron chi connectivity index (χ4n) is 6.93. The van der Waals surface area contributed by atoms with Crippen LogP contribution in [0.5, 0.6) is 0 Å². The highest BCUT2D eigenvalue weighted by molar-refractivity contribution is 7.47. The highest BCUT2D eigenvalue weighted by Gasteiger charge is 2.51. The second-order valence-corrected chi connectivity index (χ2v) is 18.0. The molecule has 0 aromatic carbocycles. The molecule has 364 valence electrons. The molecular formula is C49H85O13P. The largest absolute Gasteiger partial charge is 0.472 e. The van der Waals surface area contributed by atoms with Crippen LogP contribution in [0.4, 0.5) is 0 Å². The van der Waals surface area contributed by atoms with Crippen molar-refractivity contribution < 1.29 is 63.1 Å². The van der Waals surface area contributed by atoms with Gasteiger partial charge in [0.15, 0.2) is 6.10 Å². The molecule has 0 bridgehead atoms. The molecule has 0 spiro atoms.